The summed E-state index contributed by atoms with van der Waals surface area (Å²) in [4.78, 5) is 2.52. The molecule has 1 aliphatic rings. The van der Waals surface area contributed by atoms with Crippen LogP contribution < -0.4 is 5.73 Å². The molecule has 0 aromatic heterocycles. The van der Waals surface area contributed by atoms with E-state index in [-0.39, 0.29) is 0 Å². The van der Waals surface area contributed by atoms with Crippen molar-refractivity contribution in [1.82, 2.24) is 4.90 Å². The van der Waals surface area contributed by atoms with Crippen molar-refractivity contribution in [1.29, 1.82) is 0 Å². The lowest BCUT2D eigenvalue weighted by Crippen LogP contribution is -2.32. The van der Waals surface area contributed by atoms with Crippen molar-refractivity contribution < 1.29 is 0 Å². The average Bonchev–Trinajstić information content (AvgIpc) is 2.72. The van der Waals surface area contributed by atoms with E-state index in [9.17, 15) is 0 Å². The monoisotopic (exact) mass is 416 g/mol. The summed E-state index contributed by atoms with van der Waals surface area (Å²) in [6.07, 6.45) is 9.55. The third kappa shape index (κ3) is 6.63. The molecule has 2 N–H and O–H groups in total. The van der Waals surface area contributed by atoms with Gasteiger partial charge in [0.1, 0.15) is 0 Å². The molecule has 0 aliphatic heterocycles. The van der Waals surface area contributed by atoms with Crippen LogP contribution in [0.5, 0.6) is 0 Å². The van der Waals surface area contributed by atoms with Crippen LogP contribution in [0.1, 0.15) is 36.8 Å². The standard InChI is InChI=1S/C24H30Cl2N2/c25-23-13-12-22(15-24(23)26)18-28(14-4-7-19-5-2-1-3-6-19)17-21-10-8-20(16-27)9-11-21/h1-7,12-13,15,20-21H,8-11,14,16-18,27H2. The summed E-state index contributed by atoms with van der Waals surface area (Å²) in [5.74, 6) is 1.47. The van der Waals surface area contributed by atoms with Gasteiger partial charge in [-0.15, -0.1) is 0 Å². The number of hydrogen-bond acceptors (Lipinski definition) is 2. The molecule has 4 heteroatoms. The van der Waals surface area contributed by atoms with Gasteiger partial charge in [-0.25, -0.2) is 0 Å². The highest BCUT2D eigenvalue weighted by molar-refractivity contribution is 6.42. The first-order valence-electron chi connectivity index (χ1n) is 10.2. The summed E-state index contributed by atoms with van der Waals surface area (Å²) in [5.41, 5.74) is 8.30. The first kappa shape index (κ1) is 21.4. The lowest BCUT2D eigenvalue weighted by atomic mass is 9.82. The van der Waals surface area contributed by atoms with E-state index in [1.54, 1.807) is 0 Å². The lowest BCUT2D eigenvalue weighted by molar-refractivity contribution is 0.188. The Balaban J connectivity index is 1.64. The second kappa shape index (κ2) is 11.0. The Morgan fingerprint density at radius 1 is 0.929 bits per heavy atom. The van der Waals surface area contributed by atoms with Gasteiger partial charge in [0.05, 0.1) is 10.0 Å². The second-order valence-corrected chi connectivity index (χ2v) is 8.69. The summed E-state index contributed by atoms with van der Waals surface area (Å²) in [7, 11) is 0. The highest BCUT2D eigenvalue weighted by Gasteiger charge is 2.22. The molecule has 2 aromatic carbocycles. The molecule has 0 amide bonds. The number of benzene rings is 2. The highest BCUT2D eigenvalue weighted by atomic mass is 35.5. The molecule has 28 heavy (non-hydrogen) atoms. The van der Waals surface area contributed by atoms with Gasteiger partial charge in [0.2, 0.25) is 0 Å². The van der Waals surface area contributed by atoms with E-state index < -0.39 is 0 Å². The van der Waals surface area contributed by atoms with Crippen molar-refractivity contribution in [3.63, 3.8) is 0 Å². The Morgan fingerprint density at radius 2 is 1.64 bits per heavy atom. The molecule has 0 bridgehead atoms. The molecular formula is C24H30Cl2N2. The molecule has 2 aromatic rings. The van der Waals surface area contributed by atoms with Crippen molar-refractivity contribution in [2.24, 2.45) is 17.6 Å². The zero-order chi connectivity index (χ0) is 19.8. The second-order valence-electron chi connectivity index (χ2n) is 7.88. The molecule has 3 rings (SSSR count). The van der Waals surface area contributed by atoms with Gasteiger partial charge in [-0.3, -0.25) is 4.90 Å². The van der Waals surface area contributed by atoms with Crippen LogP contribution in [-0.4, -0.2) is 24.5 Å². The molecule has 0 atom stereocenters. The summed E-state index contributed by atoms with van der Waals surface area (Å²) in [6.45, 7) is 3.75. The summed E-state index contributed by atoms with van der Waals surface area (Å²) in [6, 6.07) is 16.4. The van der Waals surface area contributed by atoms with Gasteiger partial charge in [0.25, 0.3) is 0 Å². The fourth-order valence-electron chi connectivity index (χ4n) is 4.02. The Bertz CT molecular complexity index is 752. The Morgan fingerprint density at radius 3 is 2.32 bits per heavy atom. The van der Waals surface area contributed by atoms with Crippen molar-refractivity contribution in [2.75, 3.05) is 19.6 Å². The van der Waals surface area contributed by atoms with Crippen LogP contribution >= 0.6 is 23.2 Å². The minimum absolute atomic E-state index is 0.612. The largest absolute Gasteiger partial charge is 0.330 e. The van der Waals surface area contributed by atoms with Gasteiger partial charge in [-0.05, 0) is 67.3 Å². The number of hydrogen-bond donors (Lipinski definition) is 1. The van der Waals surface area contributed by atoms with Crippen LogP contribution in [-0.2, 0) is 6.54 Å². The zero-order valence-corrected chi connectivity index (χ0v) is 17.9. The minimum Gasteiger partial charge on any atom is -0.330 e. The SMILES string of the molecule is NCC1CCC(CN(CC=Cc2ccccc2)Cc2ccc(Cl)c(Cl)c2)CC1. The molecule has 0 spiro atoms. The number of rotatable bonds is 8. The van der Waals surface area contributed by atoms with Crippen molar-refractivity contribution in [3.05, 3.63) is 75.8 Å². The normalized spacial score (nSPS) is 20.1. The van der Waals surface area contributed by atoms with Crippen LogP contribution in [0.3, 0.4) is 0 Å². The predicted octanol–water partition coefficient (Wildman–Crippen LogP) is 6.27. The highest BCUT2D eigenvalue weighted by Crippen LogP contribution is 2.29. The van der Waals surface area contributed by atoms with E-state index in [2.05, 4.69) is 47.4 Å². The summed E-state index contributed by atoms with van der Waals surface area (Å²) in [5, 5.41) is 1.24. The van der Waals surface area contributed by atoms with Gasteiger partial charge < -0.3 is 5.73 Å². The molecule has 150 valence electrons. The zero-order valence-electron chi connectivity index (χ0n) is 16.4. The van der Waals surface area contributed by atoms with Crippen LogP contribution in [0, 0.1) is 11.8 Å². The van der Waals surface area contributed by atoms with E-state index in [1.807, 2.05) is 18.2 Å². The molecule has 1 saturated carbocycles. The molecule has 0 heterocycles. The number of halogens is 2. The Hall–Kier alpha value is -1.32. The topological polar surface area (TPSA) is 29.3 Å². The Labute approximate surface area is 179 Å². The van der Waals surface area contributed by atoms with Gasteiger partial charge >= 0.3 is 0 Å². The molecule has 1 aliphatic carbocycles. The first-order valence-corrected chi connectivity index (χ1v) is 11.0. The quantitative estimate of drug-likeness (QED) is 0.548. The van der Waals surface area contributed by atoms with Crippen LogP contribution in [0.15, 0.2) is 54.6 Å². The van der Waals surface area contributed by atoms with Crippen molar-refractivity contribution in [2.45, 2.75) is 32.2 Å². The maximum absolute atomic E-state index is 6.23. The number of nitrogens with two attached hydrogens (primary N) is 1. The fourth-order valence-corrected chi connectivity index (χ4v) is 4.34. The van der Waals surface area contributed by atoms with Crippen molar-refractivity contribution in [3.8, 4) is 0 Å². The van der Waals surface area contributed by atoms with E-state index in [0.29, 0.717) is 10.0 Å². The molecule has 1 fully saturated rings. The van der Waals surface area contributed by atoms with Crippen LogP contribution in [0.4, 0.5) is 0 Å². The maximum Gasteiger partial charge on any atom is 0.0595 e. The van der Waals surface area contributed by atoms with Gasteiger partial charge in [0.15, 0.2) is 0 Å². The third-order valence-corrected chi connectivity index (χ3v) is 6.42. The average molecular weight is 417 g/mol. The summed E-state index contributed by atoms with van der Waals surface area (Å²) >= 11 is 12.3. The molecule has 2 nitrogen and oxygen atoms in total. The van der Waals surface area contributed by atoms with Gasteiger partial charge in [-0.1, -0.05) is 71.8 Å². The smallest absolute Gasteiger partial charge is 0.0595 e. The van der Waals surface area contributed by atoms with E-state index in [1.165, 1.54) is 36.8 Å². The number of nitrogens with zero attached hydrogens (tertiary/aromatic N) is 1. The predicted molar refractivity (Wildman–Crippen MR) is 122 cm³/mol. The van der Waals surface area contributed by atoms with Crippen LogP contribution in [0.25, 0.3) is 6.08 Å². The van der Waals surface area contributed by atoms with Gasteiger partial charge in [-0.2, -0.15) is 0 Å². The maximum atomic E-state index is 6.23. The third-order valence-electron chi connectivity index (χ3n) is 5.68. The van der Waals surface area contributed by atoms with Crippen molar-refractivity contribution >= 4 is 29.3 Å². The van der Waals surface area contributed by atoms with Gasteiger partial charge in [0, 0.05) is 19.6 Å². The molecule has 0 radical (unpaired) electrons. The molecule has 0 unspecified atom stereocenters. The fraction of sp³-hybridized carbons (Fsp3) is 0.417. The molecular weight excluding hydrogens is 387 g/mol. The van der Waals surface area contributed by atoms with E-state index in [0.717, 1.165) is 38.0 Å². The lowest BCUT2D eigenvalue weighted by Gasteiger charge is -2.32. The van der Waals surface area contributed by atoms with Crippen LogP contribution in [0.2, 0.25) is 10.0 Å². The Kier molecular flexibility index (Phi) is 8.42. The summed E-state index contributed by atoms with van der Waals surface area (Å²) < 4.78 is 0. The van der Waals surface area contributed by atoms with E-state index >= 15 is 0 Å². The minimum atomic E-state index is 0.612. The first-order chi connectivity index (χ1) is 13.6. The molecule has 0 saturated heterocycles. The van der Waals surface area contributed by atoms with E-state index in [4.69, 9.17) is 28.9 Å².